The fourth-order valence-corrected chi connectivity index (χ4v) is 2.63. The Bertz CT molecular complexity index is 840. The zero-order valence-electron chi connectivity index (χ0n) is 14.0. The lowest BCUT2D eigenvalue weighted by Crippen LogP contribution is -2.31. The Labute approximate surface area is 142 Å². The minimum Gasteiger partial charge on any atom is -0.484 e. The van der Waals surface area contributed by atoms with E-state index >= 15 is 0 Å². The van der Waals surface area contributed by atoms with Gasteiger partial charge in [-0.05, 0) is 42.3 Å². The second-order valence-electron chi connectivity index (χ2n) is 6.00. The van der Waals surface area contributed by atoms with E-state index in [1.165, 1.54) is 5.56 Å². The Morgan fingerprint density at radius 3 is 2.46 bits per heavy atom. The van der Waals surface area contributed by atoms with Crippen LogP contribution in [0.4, 0.5) is 0 Å². The van der Waals surface area contributed by atoms with Crippen LogP contribution in [0.2, 0.25) is 0 Å². The van der Waals surface area contributed by atoms with E-state index in [-0.39, 0.29) is 18.6 Å². The van der Waals surface area contributed by atoms with Crippen molar-refractivity contribution in [3.63, 3.8) is 0 Å². The summed E-state index contributed by atoms with van der Waals surface area (Å²) in [6, 6.07) is 22.0. The first-order chi connectivity index (χ1) is 11.6. The van der Waals surface area contributed by atoms with E-state index in [1.807, 2.05) is 74.5 Å². The molecule has 0 spiro atoms. The minimum absolute atomic E-state index is 0.00847. The molecule has 0 saturated heterocycles. The molecule has 3 nitrogen and oxygen atoms in total. The van der Waals surface area contributed by atoms with Crippen LogP contribution in [-0.2, 0) is 4.79 Å². The van der Waals surface area contributed by atoms with Gasteiger partial charge in [-0.2, -0.15) is 0 Å². The zero-order valence-corrected chi connectivity index (χ0v) is 14.0. The maximum atomic E-state index is 12.1. The van der Waals surface area contributed by atoms with Gasteiger partial charge in [-0.25, -0.2) is 0 Å². The van der Waals surface area contributed by atoms with Crippen LogP contribution in [0.25, 0.3) is 10.8 Å². The van der Waals surface area contributed by atoms with Crippen LogP contribution in [0.15, 0.2) is 66.7 Å². The summed E-state index contributed by atoms with van der Waals surface area (Å²) in [5.74, 6) is 0.572. The number of carbonyl (C=O) groups excluding carboxylic acids is 1. The number of rotatable bonds is 5. The number of benzene rings is 3. The highest BCUT2D eigenvalue weighted by Gasteiger charge is 2.10. The molecule has 3 aromatic rings. The molecule has 0 aliphatic heterocycles. The van der Waals surface area contributed by atoms with Gasteiger partial charge in [0.25, 0.3) is 5.91 Å². The molecule has 0 fully saturated rings. The normalized spacial score (nSPS) is 11.9. The number of carbonyl (C=O) groups is 1. The number of ether oxygens (including phenoxy) is 1. The van der Waals surface area contributed by atoms with Gasteiger partial charge >= 0.3 is 0 Å². The molecule has 0 heterocycles. The number of hydrogen-bond acceptors (Lipinski definition) is 2. The van der Waals surface area contributed by atoms with Gasteiger partial charge in [0.1, 0.15) is 5.75 Å². The van der Waals surface area contributed by atoms with Crippen LogP contribution in [0, 0.1) is 6.92 Å². The average Bonchev–Trinajstić information content (AvgIpc) is 2.60. The van der Waals surface area contributed by atoms with E-state index in [0.29, 0.717) is 5.75 Å². The Hall–Kier alpha value is -2.81. The zero-order chi connectivity index (χ0) is 16.9. The minimum atomic E-state index is -0.128. The fourth-order valence-electron chi connectivity index (χ4n) is 2.63. The van der Waals surface area contributed by atoms with Crippen molar-refractivity contribution in [3.05, 3.63) is 77.9 Å². The molecule has 1 atom stereocenters. The van der Waals surface area contributed by atoms with E-state index < -0.39 is 0 Å². The molecule has 24 heavy (non-hydrogen) atoms. The Morgan fingerprint density at radius 2 is 1.71 bits per heavy atom. The molecule has 0 bridgehead atoms. The van der Waals surface area contributed by atoms with Crippen LogP contribution in [0.3, 0.4) is 0 Å². The van der Waals surface area contributed by atoms with Crippen molar-refractivity contribution in [2.24, 2.45) is 0 Å². The Balaban J connectivity index is 1.57. The van der Waals surface area contributed by atoms with Crippen LogP contribution < -0.4 is 10.1 Å². The number of hydrogen-bond donors (Lipinski definition) is 1. The van der Waals surface area contributed by atoms with E-state index in [4.69, 9.17) is 4.74 Å². The quantitative estimate of drug-likeness (QED) is 0.757. The predicted octanol–water partition coefficient (Wildman–Crippen LogP) is 4.40. The predicted molar refractivity (Wildman–Crippen MR) is 97.2 cm³/mol. The van der Waals surface area contributed by atoms with Gasteiger partial charge in [-0.3, -0.25) is 4.79 Å². The maximum Gasteiger partial charge on any atom is 0.258 e. The number of aryl methyl sites for hydroxylation is 1. The molecule has 1 amide bonds. The lowest BCUT2D eigenvalue weighted by Gasteiger charge is -2.15. The van der Waals surface area contributed by atoms with Gasteiger partial charge in [0.05, 0.1) is 6.04 Å². The molecular weight excluding hydrogens is 298 g/mol. The summed E-state index contributed by atoms with van der Waals surface area (Å²) in [5, 5.41) is 5.21. The molecule has 0 aliphatic rings. The molecule has 0 aliphatic carbocycles. The third kappa shape index (κ3) is 3.93. The van der Waals surface area contributed by atoms with Gasteiger partial charge in [-0.1, -0.05) is 60.2 Å². The highest BCUT2D eigenvalue weighted by atomic mass is 16.5. The van der Waals surface area contributed by atoms with E-state index in [0.717, 1.165) is 16.3 Å². The van der Waals surface area contributed by atoms with Crippen LogP contribution in [-0.4, -0.2) is 12.5 Å². The Morgan fingerprint density at radius 1 is 1.00 bits per heavy atom. The van der Waals surface area contributed by atoms with Gasteiger partial charge in [0.2, 0.25) is 0 Å². The summed E-state index contributed by atoms with van der Waals surface area (Å²) in [4.78, 5) is 12.1. The summed E-state index contributed by atoms with van der Waals surface area (Å²) >= 11 is 0. The lowest BCUT2D eigenvalue weighted by molar-refractivity contribution is -0.123. The van der Waals surface area contributed by atoms with Crippen LogP contribution >= 0.6 is 0 Å². The number of fused-ring (bicyclic) bond motifs is 1. The topological polar surface area (TPSA) is 38.3 Å². The maximum absolute atomic E-state index is 12.1. The van der Waals surface area contributed by atoms with E-state index in [9.17, 15) is 4.79 Å². The van der Waals surface area contributed by atoms with E-state index in [2.05, 4.69) is 11.4 Å². The third-order valence-corrected chi connectivity index (χ3v) is 4.05. The van der Waals surface area contributed by atoms with Crippen molar-refractivity contribution in [2.75, 3.05) is 6.61 Å². The second-order valence-corrected chi connectivity index (χ2v) is 6.00. The third-order valence-electron chi connectivity index (χ3n) is 4.05. The monoisotopic (exact) mass is 319 g/mol. The van der Waals surface area contributed by atoms with E-state index in [1.54, 1.807) is 0 Å². The van der Waals surface area contributed by atoms with Crippen LogP contribution in [0.1, 0.15) is 24.1 Å². The SMILES string of the molecule is Cc1ccc(C(C)NC(=O)COc2ccc3ccccc3c2)cc1. The van der Waals surface area contributed by atoms with Gasteiger partial charge in [0, 0.05) is 0 Å². The number of nitrogens with one attached hydrogen (secondary N) is 1. The smallest absolute Gasteiger partial charge is 0.258 e. The molecule has 3 heteroatoms. The summed E-state index contributed by atoms with van der Waals surface area (Å²) in [5.41, 5.74) is 2.29. The Kier molecular flexibility index (Phi) is 4.80. The molecule has 1 N–H and O–H groups in total. The fraction of sp³-hybridized carbons (Fsp3) is 0.190. The molecule has 122 valence electrons. The molecule has 1 unspecified atom stereocenters. The molecule has 0 radical (unpaired) electrons. The van der Waals surface area contributed by atoms with Crippen molar-refractivity contribution >= 4 is 16.7 Å². The summed E-state index contributed by atoms with van der Waals surface area (Å²) < 4.78 is 5.62. The highest BCUT2D eigenvalue weighted by molar-refractivity contribution is 5.84. The van der Waals surface area contributed by atoms with Crippen molar-refractivity contribution < 1.29 is 9.53 Å². The summed E-state index contributed by atoms with van der Waals surface area (Å²) in [7, 11) is 0. The standard InChI is InChI=1S/C21H21NO2/c1-15-7-9-17(10-8-15)16(2)22-21(23)14-24-20-12-11-18-5-3-4-6-19(18)13-20/h3-13,16H,14H2,1-2H3,(H,22,23). The van der Waals surface area contributed by atoms with Gasteiger partial charge in [-0.15, -0.1) is 0 Å². The first-order valence-corrected chi connectivity index (χ1v) is 8.09. The highest BCUT2D eigenvalue weighted by Crippen LogP contribution is 2.20. The van der Waals surface area contributed by atoms with Crippen molar-refractivity contribution in [2.45, 2.75) is 19.9 Å². The first kappa shape index (κ1) is 16.1. The number of amides is 1. The average molecular weight is 319 g/mol. The van der Waals surface area contributed by atoms with Crippen molar-refractivity contribution in [3.8, 4) is 5.75 Å². The summed E-state index contributed by atoms with van der Waals surface area (Å²) in [6.07, 6.45) is 0. The first-order valence-electron chi connectivity index (χ1n) is 8.09. The molecular formula is C21H21NO2. The van der Waals surface area contributed by atoms with Gasteiger partial charge in [0.15, 0.2) is 6.61 Å². The van der Waals surface area contributed by atoms with Crippen LogP contribution in [0.5, 0.6) is 5.75 Å². The van der Waals surface area contributed by atoms with Gasteiger partial charge < -0.3 is 10.1 Å². The van der Waals surface area contributed by atoms with Crippen molar-refractivity contribution in [1.82, 2.24) is 5.32 Å². The molecule has 3 rings (SSSR count). The second kappa shape index (κ2) is 7.18. The largest absolute Gasteiger partial charge is 0.484 e. The van der Waals surface area contributed by atoms with Crippen molar-refractivity contribution in [1.29, 1.82) is 0 Å². The molecule has 0 aromatic heterocycles. The summed E-state index contributed by atoms with van der Waals surface area (Å²) in [6.45, 7) is 4.03. The molecule has 3 aromatic carbocycles. The molecule has 0 saturated carbocycles. The lowest BCUT2D eigenvalue weighted by atomic mass is 10.1.